The second kappa shape index (κ2) is 9.13. The van der Waals surface area contributed by atoms with Gasteiger partial charge >= 0.3 is 0 Å². The molecule has 2 heteroatoms. The summed E-state index contributed by atoms with van der Waals surface area (Å²) in [6.45, 7) is 4.21. The van der Waals surface area contributed by atoms with Crippen LogP contribution in [0.15, 0.2) is 120 Å². The molecule has 33 heavy (non-hydrogen) atoms. The number of hydrogen-bond donors (Lipinski definition) is 0. The largest absolute Gasteiger partial charge is 0.309 e. The average Bonchev–Trinajstić information content (AvgIpc) is 3.26. The minimum Gasteiger partial charge on any atom is -0.309 e. The molecule has 0 N–H and O–H groups in total. The van der Waals surface area contributed by atoms with Crippen LogP contribution < -0.4 is 0 Å². The van der Waals surface area contributed by atoms with Crippen LogP contribution in [0.3, 0.4) is 0 Å². The lowest BCUT2D eigenvalue weighted by Crippen LogP contribution is -2.00. The van der Waals surface area contributed by atoms with E-state index in [1.165, 1.54) is 16.7 Å². The van der Waals surface area contributed by atoms with E-state index < -0.39 is 0 Å². The summed E-state index contributed by atoms with van der Waals surface area (Å²) >= 11 is 0. The Hall–Kier alpha value is -4.17. The summed E-state index contributed by atoms with van der Waals surface area (Å²) in [5.41, 5.74) is 10.2. The molecule has 5 aromatic rings. The summed E-state index contributed by atoms with van der Waals surface area (Å²) in [4.78, 5) is 4.93. The van der Waals surface area contributed by atoms with Crippen molar-refractivity contribution in [3.63, 3.8) is 0 Å². The molecule has 160 valence electrons. The van der Waals surface area contributed by atoms with Crippen molar-refractivity contribution in [1.29, 1.82) is 0 Å². The molecule has 0 saturated carbocycles. The van der Waals surface area contributed by atoms with Gasteiger partial charge in [-0.05, 0) is 60.4 Å². The lowest BCUT2D eigenvalue weighted by molar-refractivity contribution is 1.09. The third-order valence-corrected chi connectivity index (χ3v) is 5.87. The highest BCUT2D eigenvalue weighted by Gasteiger charge is 2.18. The molecule has 1 heterocycles. The average molecular weight is 427 g/mol. The summed E-state index contributed by atoms with van der Waals surface area (Å²) in [6.07, 6.45) is 2.01. The van der Waals surface area contributed by atoms with Gasteiger partial charge in [0.25, 0.3) is 0 Å². The zero-order chi connectivity index (χ0) is 22.6. The van der Waals surface area contributed by atoms with E-state index in [4.69, 9.17) is 4.99 Å². The highest BCUT2D eigenvalue weighted by molar-refractivity contribution is 5.94. The summed E-state index contributed by atoms with van der Waals surface area (Å²) < 4.78 is 2.34. The van der Waals surface area contributed by atoms with Crippen molar-refractivity contribution in [2.75, 3.05) is 0 Å². The topological polar surface area (TPSA) is 17.3 Å². The van der Waals surface area contributed by atoms with Crippen molar-refractivity contribution in [3.8, 4) is 28.2 Å². The Morgan fingerprint density at radius 2 is 1.24 bits per heavy atom. The quantitative estimate of drug-likeness (QED) is 0.252. The molecule has 0 aliphatic rings. The van der Waals surface area contributed by atoms with Gasteiger partial charge in [-0.3, -0.25) is 4.99 Å². The summed E-state index contributed by atoms with van der Waals surface area (Å²) in [5.74, 6) is 0. The van der Waals surface area contributed by atoms with Crippen LogP contribution in [0.1, 0.15) is 16.7 Å². The second-order valence-corrected chi connectivity index (χ2v) is 8.28. The van der Waals surface area contributed by atoms with Crippen molar-refractivity contribution in [1.82, 2.24) is 4.57 Å². The lowest BCUT2D eigenvalue weighted by Gasteiger charge is -2.15. The van der Waals surface area contributed by atoms with Crippen molar-refractivity contribution in [2.45, 2.75) is 13.8 Å². The van der Waals surface area contributed by atoms with Crippen molar-refractivity contribution in [3.05, 3.63) is 132 Å². The zero-order valence-electron chi connectivity index (χ0n) is 18.9. The molecular formula is C31H26N2. The van der Waals surface area contributed by atoms with E-state index in [1.54, 1.807) is 0 Å². The monoisotopic (exact) mass is 426 g/mol. The van der Waals surface area contributed by atoms with Crippen LogP contribution in [0.25, 0.3) is 28.2 Å². The fraction of sp³-hybridized carbons (Fsp3) is 0.0645. The van der Waals surface area contributed by atoms with Gasteiger partial charge in [-0.25, -0.2) is 0 Å². The smallest absolute Gasteiger partial charge is 0.0661 e. The normalized spacial score (nSPS) is 11.2. The van der Waals surface area contributed by atoms with Gasteiger partial charge in [0.1, 0.15) is 0 Å². The number of hydrogen-bond acceptors (Lipinski definition) is 1. The first-order chi connectivity index (χ1) is 16.2. The van der Waals surface area contributed by atoms with Crippen LogP contribution in [0.5, 0.6) is 0 Å². The SMILES string of the molecule is Cc1ccc(C)c(N=Cc2cc(-c3ccccc3)n(-c3ccccc3)c2-c2ccccc2)c1. The Balaban J connectivity index is 1.78. The molecule has 0 unspecified atom stereocenters. The molecule has 2 nitrogen and oxygen atoms in total. The zero-order valence-corrected chi connectivity index (χ0v) is 18.9. The van der Waals surface area contributed by atoms with Crippen LogP contribution in [0, 0.1) is 13.8 Å². The van der Waals surface area contributed by atoms with Gasteiger partial charge in [0, 0.05) is 17.5 Å². The van der Waals surface area contributed by atoms with Crippen LogP contribution >= 0.6 is 0 Å². The standard InChI is InChI=1S/C31H26N2/c1-23-18-19-24(2)29(20-23)32-22-27-21-30(25-12-6-3-7-13-25)33(28-16-10-5-11-17-28)31(27)26-14-8-4-9-15-26/h3-22H,1-2H3. The van der Waals surface area contributed by atoms with Crippen LogP contribution in [-0.2, 0) is 0 Å². The van der Waals surface area contributed by atoms with E-state index in [9.17, 15) is 0 Å². The third kappa shape index (κ3) is 4.28. The summed E-state index contributed by atoms with van der Waals surface area (Å²) in [7, 11) is 0. The maximum atomic E-state index is 4.93. The number of nitrogens with zero attached hydrogens (tertiary/aromatic N) is 2. The predicted molar refractivity (Wildman–Crippen MR) is 140 cm³/mol. The van der Waals surface area contributed by atoms with E-state index in [0.717, 1.165) is 33.9 Å². The molecule has 0 atom stereocenters. The Morgan fingerprint density at radius 1 is 0.636 bits per heavy atom. The van der Waals surface area contributed by atoms with Crippen molar-refractivity contribution in [2.24, 2.45) is 4.99 Å². The Bertz CT molecular complexity index is 1400. The number of para-hydroxylation sites is 1. The maximum absolute atomic E-state index is 4.93. The molecule has 4 aromatic carbocycles. The minimum atomic E-state index is 1.00. The molecule has 0 aliphatic heterocycles. The van der Waals surface area contributed by atoms with Crippen LogP contribution in [0.2, 0.25) is 0 Å². The highest BCUT2D eigenvalue weighted by atomic mass is 15.0. The Kier molecular flexibility index (Phi) is 5.73. The Labute approximate surface area is 195 Å². The van der Waals surface area contributed by atoms with Gasteiger partial charge in [-0.2, -0.15) is 0 Å². The van der Waals surface area contributed by atoms with E-state index in [0.29, 0.717) is 0 Å². The van der Waals surface area contributed by atoms with E-state index >= 15 is 0 Å². The summed E-state index contributed by atoms with van der Waals surface area (Å²) in [5, 5.41) is 0. The first kappa shape index (κ1) is 20.7. The molecular weight excluding hydrogens is 400 g/mol. The molecule has 0 aliphatic carbocycles. The van der Waals surface area contributed by atoms with Gasteiger partial charge in [0.05, 0.1) is 17.1 Å². The molecule has 5 rings (SSSR count). The first-order valence-corrected chi connectivity index (χ1v) is 11.2. The number of aryl methyl sites for hydroxylation is 2. The number of aromatic nitrogens is 1. The third-order valence-electron chi connectivity index (χ3n) is 5.87. The summed E-state index contributed by atoms with van der Waals surface area (Å²) in [6, 6.07) is 40.3. The Morgan fingerprint density at radius 3 is 1.91 bits per heavy atom. The molecule has 0 bridgehead atoms. The van der Waals surface area contributed by atoms with Gasteiger partial charge in [0.15, 0.2) is 0 Å². The van der Waals surface area contributed by atoms with E-state index in [1.807, 2.05) is 6.21 Å². The molecule has 0 saturated heterocycles. The van der Waals surface area contributed by atoms with E-state index in [-0.39, 0.29) is 0 Å². The number of benzene rings is 4. The minimum absolute atomic E-state index is 1.00. The van der Waals surface area contributed by atoms with Gasteiger partial charge in [-0.1, -0.05) is 91.0 Å². The maximum Gasteiger partial charge on any atom is 0.0661 e. The number of aliphatic imine (C=N–C) groups is 1. The van der Waals surface area contributed by atoms with E-state index in [2.05, 4.69) is 134 Å². The molecule has 0 radical (unpaired) electrons. The fourth-order valence-electron chi connectivity index (χ4n) is 4.18. The molecule has 0 spiro atoms. The van der Waals surface area contributed by atoms with Crippen LogP contribution in [0.4, 0.5) is 5.69 Å². The number of rotatable bonds is 5. The lowest BCUT2D eigenvalue weighted by atomic mass is 10.1. The highest BCUT2D eigenvalue weighted by Crippen LogP contribution is 2.35. The van der Waals surface area contributed by atoms with Gasteiger partial charge < -0.3 is 4.57 Å². The van der Waals surface area contributed by atoms with Gasteiger partial charge in [-0.15, -0.1) is 0 Å². The van der Waals surface area contributed by atoms with Crippen LogP contribution in [-0.4, -0.2) is 10.8 Å². The van der Waals surface area contributed by atoms with Crippen molar-refractivity contribution >= 4 is 11.9 Å². The molecule has 1 aromatic heterocycles. The second-order valence-electron chi connectivity index (χ2n) is 8.28. The predicted octanol–water partition coefficient (Wildman–Crippen LogP) is 8.18. The molecule has 0 amide bonds. The molecule has 0 fully saturated rings. The van der Waals surface area contributed by atoms with Gasteiger partial charge in [0.2, 0.25) is 0 Å². The van der Waals surface area contributed by atoms with Crippen molar-refractivity contribution < 1.29 is 0 Å². The first-order valence-electron chi connectivity index (χ1n) is 11.2. The fourth-order valence-corrected chi connectivity index (χ4v) is 4.18.